The predicted molar refractivity (Wildman–Crippen MR) is 89.3 cm³/mol. The van der Waals surface area contributed by atoms with Crippen LogP contribution >= 0.6 is 0 Å². The Hall–Kier alpha value is -2.90. The molecule has 0 atom stereocenters. The number of aromatic nitrogens is 4. The minimum absolute atomic E-state index is 0.0425. The average molecular weight is 347 g/mol. The Balaban J connectivity index is 1.90. The van der Waals surface area contributed by atoms with Crippen LogP contribution in [0.2, 0.25) is 0 Å². The first kappa shape index (κ1) is 16.9. The molecule has 0 saturated heterocycles. The van der Waals surface area contributed by atoms with Gasteiger partial charge in [0.1, 0.15) is 12.2 Å². The summed E-state index contributed by atoms with van der Waals surface area (Å²) in [6.07, 6.45) is 4.64. The molecule has 0 aliphatic rings. The lowest BCUT2D eigenvalue weighted by atomic mass is 9.99. The number of pyridine rings is 1. The molecule has 0 unspecified atom stereocenters. The highest BCUT2D eigenvalue weighted by atomic mass is 19.4. The standard InChI is InChI=1S/C17H16F3N5/c1-3-13(12-4-5-15-21-6-7-25(15)9-12)14-8-22-16(24-11(14)2)23-10-17(18,19)20/h3-9H,10H2,1-2H3,(H,22,23,24)/b13-3-. The van der Waals surface area contributed by atoms with Crippen LogP contribution in [0.4, 0.5) is 19.1 Å². The second-order valence-corrected chi connectivity index (χ2v) is 5.47. The van der Waals surface area contributed by atoms with Crippen LogP contribution in [-0.4, -0.2) is 32.1 Å². The molecule has 25 heavy (non-hydrogen) atoms. The largest absolute Gasteiger partial charge is 0.405 e. The fourth-order valence-electron chi connectivity index (χ4n) is 2.55. The maximum Gasteiger partial charge on any atom is 0.405 e. The second-order valence-electron chi connectivity index (χ2n) is 5.47. The van der Waals surface area contributed by atoms with E-state index in [1.54, 1.807) is 13.1 Å². The summed E-state index contributed by atoms with van der Waals surface area (Å²) < 4.78 is 38.8. The Morgan fingerprint density at radius 2 is 2.08 bits per heavy atom. The zero-order valence-electron chi connectivity index (χ0n) is 13.7. The fourth-order valence-corrected chi connectivity index (χ4v) is 2.55. The van der Waals surface area contributed by atoms with Crippen molar-refractivity contribution < 1.29 is 13.2 Å². The number of anilines is 1. The number of alkyl halides is 3. The molecule has 0 amide bonds. The molecule has 3 heterocycles. The van der Waals surface area contributed by atoms with Crippen LogP contribution < -0.4 is 5.32 Å². The maximum atomic E-state index is 12.3. The molecule has 5 nitrogen and oxygen atoms in total. The van der Waals surface area contributed by atoms with Gasteiger partial charge in [0.2, 0.25) is 5.95 Å². The van der Waals surface area contributed by atoms with E-state index >= 15 is 0 Å². The minimum Gasteiger partial charge on any atom is -0.345 e. The molecule has 130 valence electrons. The van der Waals surface area contributed by atoms with Crippen molar-refractivity contribution in [2.24, 2.45) is 0 Å². The Kier molecular flexibility index (Phi) is 4.43. The highest BCUT2D eigenvalue weighted by molar-refractivity contribution is 5.80. The first-order valence-corrected chi connectivity index (χ1v) is 7.61. The molecule has 3 aromatic rings. The Morgan fingerprint density at radius 3 is 2.76 bits per heavy atom. The molecular weight excluding hydrogens is 331 g/mol. The fraction of sp³-hybridized carbons (Fsp3) is 0.235. The first-order chi connectivity index (χ1) is 11.9. The molecule has 0 aliphatic carbocycles. The van der Waals surface area contributed by atoms with Gasteiger partial charge in [-0.15, -0.1) is 0 Å². The van der Waals surface area contributed by atoms with E-state index in [0.29, 0.717) is 5.69 Å². The average Bonchev–Trinajstić information content (AvgIpc) is 3.02. The number of hydrogen-bond donors (Lipinski definition) is 1. The summed E-state index contributed by atoms with van der Waals surface area (Å²) in [5.41, 5.74) is 4.03. The van der Waals surface area contributed by atoms with Gasteiger partial charge in [0.15, 0.2) is 0 Å². The van der Waals surface area contributed by atoms with Crippen molar-refractivity contribution >= 4 is 17.2 Å². The molecule has 0 bridgehead atoms. The van der Waals surface area contributed by atoms with E-state index in [1.807, 2.05) is 41.9 Å². The highest BCUT2D eigenvalue weighted by Crippen LogP contribution is 2.26. The van der Waals surface area contributed by atoms with Gasteiger partial charge in [-0.05, 0) is 37.1 Å². The summed E-state index contributed by atoms with van der Waals surface area (Å²) in [6.45, 7) is 2.47. The molecule has 0 spiro atoms. The maximum absolute atomic E-state index is 12.3. The first-order valence-electron chi connectivity index (χ1n) is 7.61. The number of aryl methyl sites for hydroxylation is 1. The number of allylic oxidation sites excluding steroid dienone is 1. The van der Waals surface area contributed by atoms with Gasteiger partial charge >= 0.3 is 6.18 Å². The third-order valence-electron chi connectivity index (χ3n) is 3.70. The number of hydrogen-bond acceptors (Lipinski definition) is 4. The molecular formula is C17H16F3N5. The van der Waals surface area contributed by atoms with Crippen molar-refractivity contribution in [3.8, 4) is 0 Å². The predicted octanol–water partition coefficient (Wildman–Crippen LogP) is 3.86. The van der Waals surface area contributed by atoms with Crippen molar-refractivity contribution in [2.75, 3.05) is 11.9 Å². The molecule has 0 aromatic carbocycles. The van der Waals surface area contributed by atoms with Crippen molar-refractivity contribution in [3.63, 3.8) is 0 Å². The van der Waals surface area contributed by atoms with Crippen molar-refractivity contribution in [1.82, 2.24) is 19.4 Å². The second kappa shape index (κ2) is 6.54. The van der Waals surface area contributed by atoms with E-state index < -0.39 is 12.7 Å². The van der Waals surface area contributed by atoms with Crippen LogP contribution in [0.3, 0.4) is 0 Å². The summed E-state index contributed by atoms with van der Waals surface area (Å²) >= 11 is 0. The number of nitrogens with one attached hydrogen (secondary N) is 1. The molecule has 0 saturated carbocycles. The third-order valence-corrected chi connectivity index (χ3v) is 3.70. The van der Waals surface area contributed by atoms with E-state index in [0.717, 1.165) is 22.3 Å². The van der Waals surface area contributed by atoms with Gasteiger partial charge in [-0.2, -0.15) is 13.2 Å². The van der Waals surface area contributed by atoms with Crippen molar-refractivity contribution in [3.05, 3.63) is 59.8 Å². The highest BCUT2D eigenvalue weighted by Gasteiger charge is 2.27. The SMILES string of the molecule is C/C=C(/c1ccc2nccn2c1)c1cnc(NCC(F)(F)F)nc1C. The van der Waals surface area contributed by atoms with Gasteiger partial charge in [0.05, 0.1) is 5.69 Å². The number of nitrogens with zero attached hydrogens (tertiary/aromatic N) is 4. The van der Waals surface area contributed by atoms with E-state index in [9.17, 15) is 13.2 Å². The summed E-state index contributed by atoms with van der Waals surface area (Å²) in [5.74, 6) is -0.0425. The topological polar surface area (TPSA) is 55.1 Å². The Bertz CT molecular complexity index is 927. The molecule has 1 N–H and O–H groups in total. The van der Waals surface area contributed by atoms with Gasteiger partial charge < -0.3 is 9.72 Å². The zero-order valence-corrected chi connectivity index (χ0v) is 13.7. The number of fused-ring (bicyclic) bond motifs is 1. The van der Waals surface area contributed by atoms with E-state index in [-0.39, 0.29) is 5.95 Å². The van der Waals surface area contributed by atoms with Crippen molar-refractivity contribution in [1.29, 1.82) is 0 Å². The van der Waals surface area contributed by atoms with Gasteiger partial charge in [0.25, 0.3) is 0 Å². The van der Waals surface area contributed by atoms with Crippen LogP contribution in [0.5, 0.6) is 0 Å². The molecule has 0 radical (unpaired) electrons. The smallest absolute Gasteiger partial charge is 0.345 e. The summed E-state index contributed by atoms with van der Waals surface area (Å²) in [4.78, 5) is 12.4. The van der Waals surface area contributed by atoms with Crippen molar-refractivity contribution in [2.45, 2.75) is 20.0 Å². The van der Waals surface area contributed by atoms with Crippen LogP contribution in [0.25, 0.3) is 11.2 Å². The Labute approximate surface area is 142 Å². The Morgan fingerprint density at radius 1 is 1.28 bits per heavy atom. The summed E-state index contributed by atoms with van der Waals surface area (Å²) in [6, 6.07) is 3.83. The summed E-state index contributed by atoms with van der Waals surface area (Å²) in [5, 5.41) is 2.19. The summed E-state index contributed by atoms with van der Waals surface area (Å²) in [7, 11) is 0. The van der Waals surface area contributed by atoms with Crippen LogP contribution in [0.15, 0.2) is 43.0 Å². The lowest BCUT2D eigenvalue weighted by molar-refractivity contribution is -0.115. The molecule has 3 rings (SSSR count). The number of rotatable bonds is 4. The molecule has 0 fully saturated rings. The normalized spacial score (nSPS) is 12.6. The lowest BCUT2D eigenvalue weighted by Crippen LogP contribution is -2.22. The molecule has 0 aliphatic heterocycles. The minimum atomic E-state index is -4.31. The van der Waals surface area contributed by atoms with Gasteiger partial charge in [0, 0.05) is 30.4 Å². The number of imidazole rings is 1. The molecule has 3 aromatic heterocycles. The lowest BCUT2D eigenvalue weighted by Gasteiger charge is -2.13. The van der Waals surface area contributed by atoms with Crippen LogP contribution in [-0.2, 0) is 0 Å². The van der Waals surface area contributed by atoms with Gasteiger partial charge in [-0.3, -0.25) is 0 Å². The zero-order chi connectivity index (χ0) is 18.0. The monoisotopic (exact) mass is 347 g/mol. The van der Waals surface area contributed by atoms with Crippen LogP contribution in [0.1, 0.15) is 23.7 Å². The quantitative estimate of drug-likeness (QED) is 0.779. The van der Waals surface area contributed by atoms with E-state index in [1.165, 1.54) is 6.20 Å². The van der Waals surface area contributed by atoms with E-state index in [4.69, 9.17) is 0 Å². The van der Waals surface area contributed by atoms with E-state index in [2.05, 4.69) is 20.3 Å². The van der Waals surface area contributed by atoms with Gasteiger partial charge in [-0.1, -0.05) is 6.08 Å². The molecule has 8 heteroatoms. The van der Waals surface area contributed by atoms with Crippen LogP contribution in [0, 0.1) is 6.92 Å². The van der Waals surface area contributed by atoms with Gasteiger partial charge in [-0.25, -0.2) is 15.0 Å². The third kappa shape index (κ3) is 3.78. The number of halogens is 3.